The number of aliphatic carboxylic acids is 1. The van der Waals surface area contributed by atoms with Crippen molar-refractivity contribution in [2.24, 2.45) is 0 Å². The number of benzene rings is 1. The van der Waals surface area contributed by atoms with Gasteiger partial charge in [0.15, 0.2) is 0 Å². The van der Waals surface area contributed by atoms with Crippen LogP contribution in [-0.4, -0.2) is 64.8 Å². The second-order valence-corrected chi connectivity index (χ2v) is 8.52. The summed E-state index contributed by atoms with van der Waals surface area (Å²) < 4.78 is 0. The Kier molecular flexibility index (Phi) is 7.82. The highest BCUT2D eigenvalue weighted by molar-refractivity contribution is 5.96. The quantitative estimate of drug-likeness (QED) is 0.237. The van der Waals surface area contributed by atoms with Crippen LogP contribution in [-0.2, 0) is 9.63 Å². The number of rotatable bonds is 9. The summed E-state index contributed by atoms with van der Waals surface area (Å²) in [5.41, 5.74) is 4.25. The van der Waals surface area contributed by atoms with Crippen LogP contribution < -0.4 is 10.8 Å². The van der Waals surface area contributed by atoms with E-state index in [9.17, 15) is 9.90 Å². The maximum Gasteiger partial charge on any atom is 0.317 e. The van der Waals surface area contributed by atoms with Gasteiger partial charge >= 0.3 is 5.97 Å². The van der Waals surface area contributed by atoms with E-state index in [1.54, 1.807) is 0 Å². The number of aliphatic hydroxyl groups is 1. The molecule has 2 saturated heterocycles. The van der Waals surface area contributed by atoms with E-state index in [1.807, 2.05) is 29.2 Å². The van der Waals surface area contributed by atoms with E-state index in [-0.39, 0.29) is 18.7 Å². The highest BCUT2D eigenvalue weighted by atomic mass is 16.7. The molecule has 0 bridgehead atoms. The summed E-state index contributed by atoms with van der Waals surface area (Å²) in [4.78, 5) is 18.5. The number of carboxylic acids is 1. The number of nitrogens with one attached hydrogen (secondary N) is 3. The molecule has 0 amide bonds. The van der Waals surface area contributed by atoms with Crippen molar-refractivity contribution < 1.29 is 19.8 Å². The fourth-order valence-corrected chi connectivity index (χ4v) is 4.19. The molecule has 3 rings (SSSR count). The van der Waals surface area contributed by atoms with Crippen LogP contribution in [0.4, 0.5) is 0 Å². The summed E-state index contributed by atoms with van der Waals surface area (Å²) >= 11 is 0. The van der Waals surface area contributed by atoms with E-state index in [4.69, 9.17) is 15.4 Å². The molecule has 30 heavy (non-hydrogen) atoms. The maximum atomic E-state index is 10.9. The van der Waals surface area contributed by atoms with Crippen LogP contribution in [0.3, 0.4) is 0 Å². The first-order valence-corrected chi connectivity index (χ1v) is 10.9. The number of hydrogen-bond acceptors (Lipinski definition) is 6. The number of amidine groups is 1. The van der Waals surface area contributed by atoms with Gasteiger partial charge in [0.1, 0.15) is 5.84 Å². The predicted molar refractivity (Wildman–Crippen MR) is 114 cm³/mol. The zero-order chi connectivity index (χ0) is 21.6. The van der Waals surface area contributed by atoms with Gasteiger partial charge in [-0.3, -0.25) is 19.9 Å². The lowest BCUT2D eigenvalue weighted by atomic mass is 9.84. The van der Waals surface area contributed by atoms with E-state index in [1.165, 1.54) is 0 Å². The van der Waals surface area contributed by atoms with Crippen molar-refractivity contribution in [3.63, 3.8) is 0 Å². The third kappa shape index (κ3) is 6.25. The van der Waals surface area contributed by atoms with E-state index >= 15 is 0 Å². The fraction of sp³-hybridized carbons (Fsp3) is 0.636. The second kappa shape index (κ2) is 10.3. The summed E-state index contributed by atoms with van der Waals surface area (Å²) in [6, 6.07) is 8.01. The number of unbranched alkanes of at least 4 members (excludes halogenated alkanes) is 1. The van der Waals surface area contributed by atoms with E-state index in [0.717, 1.165) is 36.9 Å². The minimum absolute atomic E-state index is 0.0290. The number of hydroxylamine groups is 1. The molecule has 2 heterocycles. The van der Waals surface area contributed by atoms with Crippen LogP contribution >= 0.6 is 0 Å². The third-order valence-electron chi connectivity index (χ3n) is 6.06. The van der Waals surface area contributed by atoms with Gasteiger partial charge in [0.25, 0.3) is 0 Å². The number of carboxylic acid groups (broad SMARTS) is 1. The lowest BCUT2D eigenvalue weighted by molar-refractivity contribution is -0.140. The summed E-state index contributed by atoms with van der Waals surface area (Å²) in [7, 11) is 0. The zero-order valence-electron chi connectivity index (χ0n) is 17.7. The Hall–Kier alpha value is -2.00. The van der Waals surface area contributed by atoms with Gasteiger partial charge in [-0.25, -0.2) is 0 Å². The van der Waals surface area contributed by atoms with E-state index < -0.39 is 11.6 Å². The molecule has 0 saturated carbocycles. The molecule has 5 N–H and O–H groups in total. The fourth-order valence-electron chi connectivity index (χ4n) is 4.19. The minimum atomic E-state index is -0.829. The molecular weight excluding hydrogens is 384 g/mol. The highest BCUT2D eigenvalue weighted by Crippen LogP contribution is 2.34. The lowest BCUT2D eigenvalue weighted by Gasteiger charge is -2.38. The Labute approximate surface area is 178 Å². The molecule has 2 fully saturated rings. The van der Waals surface area contributed by atoms with Crippen LogP contribution in [0.25, 0.3) is 0 Å². The lowest BCUT2D eigenvalue weighted by Crippen LogP contribution is -2.47. The molecule has 0 aromatic heterocycles. The van der Waals surface area contributed by atoms with Gasteiger partial charge in [0.05, 0.1) is 24.3 Å². The number of carbonyl (C=O) groups is 1. The van der Waals surface area contributed by atoms with Gasteiger partial charge in [-0.2, -0.15) is 5.48 Å². The van der Waals surface area contributed by atoms with E-state index in [2.05, 4.69) is 17.7 Å². The van der Waals surface area contributed by atoms with Gasteiger partial charge in [-0.1, -0.05) is 37.6 Å². The molecule has 0 radical (unpaired) electrons. The molecule has 0 aliphatic carbocycles. The summed E-state index contributed by atoms with van der Waals surface area (Å²) in [5, 5.41) is 31.1. The smallest absolute Gasteiger partial charge is 0.317 e. The number of piperidine rings is 1. The van der Waals surface area contributed by atoms with Crippen LogP contribution in [0.15, 0.2) is 24.3 Å². The van der Waals surface area contributed by atoms with Gasteiger partial charge in [0, 0.05) is 31.6 Å². The van der Waals surface area contributed by atoms with Crippen LogP contribution in [0.5, 0.6) is 0 Å². The molecular formula is C22H34N4O4. The Morgan fingerprint density at radius 2 is 2.03 bits per heavy atom. The summed E-state index contributed by atoms with van der Waals surface area (Å²) in [5.74, 6) is -0.385. The Morgan fingerprint density at radius 3 is 2.67 bits per heavy atom. The van der Waals surface area contributed by atoms with Crippen molar-refractivity contribution in [1.29, 1.82) is 5.41 Å². The first-order valence-electron chi connectivity index (χ1n) is 10.9. The second-order valence-electron chi connectivity index (χ2n) is 8.52. The van der Waals surface area contributed by atoms with Crippen molar-refractivity contribution in [3.8, 4) is 0 Å². The Morgan fingerprint density at radius 1 is 1.33 bits per heavy atom. The Balaban J connectivity index is 1.47. The van der Waals surface area contributed by atoms with Crippen LogP contribution in [0.2, 0.25) is 0 Å². The van der Waals surface area contributed by atoms with Crippen LogP contribution in [0, 0.1) is 5.41 Å². The van der Waals surface area contributed by atoms with Crippen molar-refractivity contribution in [2.45, 2.75) is 63.2 Å². The van der Waals surface area contributed by atoms with E-state index in [0.29, 0.717) is 38.2 Å². The standard InChI is InChI=1S/C22H34N4O4/c1-2-3-10-24-21(23)17-6-4-16(5-7-17)19-13-18(30-25-19)14-22(29)8-11-26(12-9-22)15-20(27)28/h4-7,18-19,25,29H,2-3,8-15H2,1H3,(H2,23,24)(H,27,28). The summed E-state index contributed by atoms with van der Waals surface area (Å²) in [6.45, 7) is 4.15. The number of nitrogens with zero attached hydrogens (tertiary/aromatic N) is 1. The maximum absolute atomic E-state index is 10.9. The summed E-state index contributed by atoms with van der Waals surface area (Å²) in [6.07, 6.45) is 4.51. The van der Waals surface area contributed by atoms with Gasteiger partial charge in [-0.05, 0) is 31.2 Å². The van der Waals surface area contributed by atoms with Gasteiger partial charge in [0.2, 0.25) is 0 Å². The number of hydrogen-bond donors (Lipinski definition) is 5. The van der Waals surface area contributed by atoms with Crippen molar-refractivity contribution in [3.05, 3.63) is 35.4 Å². The Bertz CT molecular complexity index is 716. The first-order chi connectivity index (χ1) is 14.4. The molecule has 2 aliphatic heterocycles. The molecule has 1 aromatic carbocycles. The molecule has 2 aliphatic rings. The molecule has 8 nitrogen and oxygen atoms in total. The van der Waals surface area contributed by atoms with Crippen molar-refractivity contribution in [2.75, 3.05) is 26.2 Å². The zero-order valence-corrected chi connectivity index (χ0v) is 17.7. The third-order valence-corrected chi connectivity index (χ3v) is 6.06. The monoisotopic (exact) mass is 418 g/mol. The average molecular weight is 419 g/mol. The molecule has 0 spiro atoms. The molecule has 2 unspecified atom stereocenters. The average Bonchev–Trinajstić information content (AvgIpc) is 3.18. The molecule has 166 valence electrons. The largest absolute Gasteiger partial charge is 0.480 e. The normalized spacial score (nSPS) is 23.9. The van der Waals surface area contributed by atoms with Gasteiger partial charge in [-0.15, -0.1) is 0 Å². The predicted octanol–water partition coefficient (Wildman–Crippen LogP) is 2.04. The highest BCUT2D eigenvalue weighted by Gasteiger charge is 2.38. The molecule has 8 heteroatoms. The molecule has 2 atom stereocenters. The minimum Gasteiger partial charge on any atom is -0.480 e. The number of likely N-dealkylation sites (tertiary alicyclic amines) is 1. The van der Waals surface area contributed by atoms with Crippen LogP contribution in [0.1, 0.15) is 62.6 Å². The van der Waals surface area contributed by atoms with Crippen molar-refractivity contribution in [1.82, 2.24) is 15.7 Å². The molecule has 1 aromatic rings. The van der Waals surface area contributed by atoms with Gasteiger partial charge < -0.3 is 15.5 Å². The first kappa shape index (κ1) is 22.7. The SMILES string of the molecule is CCCCNC(=N)c1ccc(C2CC(CC3(O)CCN(CC(=O)O)CC3)ON2)cc1. The van der Waals surface area contributed by atoms with Crippen molar-refractivity contribution >= 4 is 11.8 Å². The topological polar surface area (TPSA) is 118 Å².